The second kappa shape index (κ2) is 12.3. The van der Waals surface area contributed by atoms with Gasteiger partial charge in [-0.3, -0.25) is 0 Å². The van der Waals surface area contributed by atoms with Crippen LogP contribution < -0.4 is 14.2 Å². The van der Waals surface area contributed by atoms with E-state index in [2.05, 4.69) is 9.44 Å². The van der Waals surface area contributed by atoms with E-state index in [1.807, 2.05) is 69.3 Å². The fourth-order valence-corrected chi connectivity index (χ4v) is 5.41. The number of rotatable bonds is 14. The molecule has 2 aromatic carbocycles. The molecule has 0 saturated heterocycles. The zero-order valence-electron chi connectivity index (χ0n) is 19.0. The van der Waals surface area contributed by atoms with Crippen LogP contribution in [0.15, 0.2) is 48.5 Å². The minimum absolute atomic E-state index is 0.113. The Bertz CT molecular complexity index is 1030. The summed E-state index contributed by atoms with van der Waals surface area (Å²) in [5.74, 6) is 0.938. The molecule has 32 heavy (non-hydrogen) atoms. The van der Waals surface area contributed by atoms with Gasteiger partial charge in [0.15, 0.2) is 0 Å². The van der Waals surface area contributed by atoms with Gasteiger partial charge in [-0.15, -0.1) is 0 Å². The van der Waals surface area contributed by atoms with Crippen molar-refractivity contribution in [3.63, 3.8) is 0 Å². The Morgan fingerprint density at radius 3 is 1.81 bits per heavy atom. The molecule has 1 unspecified atom stereocenters. The van der Waals surface area contributed by atoms with Crippen LogP contribution in [0.2, 0.25) is 0 Å². The molecule has 7 nitrogen and oxygen atoms in total. The Hall–Kier alpha value is -1.94. The molecular weight excluding hydrogens is 448 g/mol. The van der Waals surface area contributed by atoms with Crippen molar-refractivity contribution in [3.05, 3.63) is 54.1 Å². The Labute approximate surface area is 192 Å². The minimum atomic E-state index is -3.25. The van der Waals surface area contributed by atoms with Crippen molar-refractivity contribution < 1.29 is 21.6 Å². The number of sulfonamides is 2. The molecule has 9 heteroatoms. The van der Waals surface area contributed by atoms with Crippen molar-refractivity contribution in [1.29, 1.82) is 0 Å². The number of nitrogens with one attached hydrogen (secondary N) is 2. The normalized spacial score (nSPS) is 13.1. The molecule has 0 fully saturated rings. The summed E-state index contributed by atoms with van der Waals surface area (Å²) in [5.41, 5.74) is 3.14. The number of hydrogen-bond donors (Lipinski definition) is 2. The molecule has 2 aromatic rings. The van der Waals surface area contributed by atoms with E-state index in [0.717, 1.165) is 16.7 Å². The van der Waals surface area contributed by atoms with E-state index < -0.39 is 20.0 Å². The van der Waals surface area contributed by atoms with Crippen LogP contribution >= 0.6 is 0 Å². The first kappa shape index (κ1) is 26.3. The molecule has 0 amide bonds. The Kier molecular flexibility index (Phi) is 10.1. The summed E-state index contributed by atoms with van der Waals surface area (Å²) in [6.07, 6.45) is 1.52. The summed E-state index contributed by atoms with van der Waals surface area (Å²) in [4.78, 5) is 0. The van der Waals surface area contributed by atoms with E-state index in [1.165, 1.54) is 0 Å². The highest BCUT2D eigenvalue weighted by atomic mass is 32.2. The topological polar surface area (TPSA) is 102 Å². The predicted octanol–water partition coefficient (Wildman–Crippen LogP) is 3.32. The monoisotopic (exact) mass is 482 g/mol. The van der Waals surface area contributed by atoms with Crippen LogP contribution in [0.4, 0.5) is 0 Å². The van der Waals surface area contributed by atoms with E-state index in [4.69, 9.17) is 4.74 Å². The SMILES string of the molecule is CCCS(=O)(=O)NCCc1ccc(-c2ccc(OC(C)CNS(=O)(=O)CCC)cc2)cc1. The molecule has 0 aliphatic rings. The average molecular weight is 483 g/mol. The predicted molar refractivity (Wildman–Crippen MR) is 130 cm³/mol. The van der Waals surface area contributed by atoms with Gasteiger partial charge in [0.2, 0.25) is 20.0 Å². The number of benzene rings is 2. The van der Waals surface area contributed by atoms with E-state index in [9.17, 15) is 16.8 Å². The lowest BCUT2D eigenvalue weighted by atomic mass is 10.0. The molecule has 0 heterocycles. The van der Waals surface area contributed by atoms with E-state index in [-0.39, 0.29) is 24.2 Å². The van der Waals surface area contributed by atoms with Gasteiger partial charge in [0.25, 0.3) is 0 Å². The summed E-state index contributed by atoms with van der Waals surface area (Å²) < 4.78 is 57.9. The van der Waals surface area contributed by atoms with E-state index in [0.29, 0.717) is 31.6 Å². The third-order valence-corrected chi connectivity index (χ3v) is 7.89. The highest BCUT2D eigenvalue weighted by molar-refractivity contribution is 7.89. The van der Waals surface area contributed by atoms with Gasteiger partial charge < -0.3 is 4.74 Å². The van der Waals surface area contributed by atoms with E-state index >= 15 is 0 Å². The molecule has 0 radical (unpaired) electrons. The Balaban J connectivity index is 1.87. The van der Waals surface area contributed by atoms with Crippen molar-refractivity contribution in [2.45, 2.75) is 46.1 Å². The van der Waals surface area contributed by atoms with Crippen LogP contribution in [-0.4, -0.2) is 47.5 Å². The van der Waals surface area contributed by atoms with Crippen LogP contribution in [-0.2, 0) is 26.5 Å². The molecule has 0 aliphatic carbocycles. The zero-order chi connectivity index (χ0) is 23.6. The summed E-state index contributed by atoms with van der Waals surface area (Å²) in [6.45, 7) is 6.10. The molecular formula is C23H34N2O5S2. The van der Waals surface area contributed by atoms with E-state index in [1.54, 1.807) is 0 Å². The third kappa shape index (κ3) is 9.28. The molecule has 2 rings (SSSR count). The van der Waals surface area contributed by atoms with Crippen molar-refractivity contribution in [2.24, 2.45) is 0 Å². The standard InChI is InChI=1S/C23H34N2O5S2/c1-4-16-31(26,27)24-15-14-20-6-8-21(9-7-20)22-10-12-23(13-11-22)30-19(3)18-25-32(28,29)17-5-2/h6-13,19,24-25H,4-5,14-18H2,1-3H3. The average Bonchev–Trinajstić information content (AvgIpc) is 2.73. The van der Waals surface area contributed by atoms with Gasteiger partial charge in [-0.1, -0.05) is 50.2 Å². The van der Waals surface area contributed by atoms with Crippen LogP contribution in [0, 0.1) is 0 Å². The summed E-state index contributed by atoms with van der Waals surface area (Å²) in [6, 6.07) is 15.7. The van der Waals surface area contributed by atoms with Gasteiger partial charge in [0.05, 0.1) is 11.5 Å². The second-order valence-corrected chi connectivity index (χ2v) is 11.6. The summed E-state index contributed by atoms with van der Waals surface area (Å²) >= 11 is 0. The maximum Gasteiger partial charge on any atom is 0.211 e. The van der Waals surface area contributed by atoms with Crippen molar-refractivity contribution in [1.82, 2.24) is 9.44 Å². The summed E-state index contributed by atoms with van der Waals surface area (Å²) in [5, 5.41) is 0. The molecule has 178 valence electrons. The van der Waals surface area contributed by atoms with Crippen molar-refractivity contribution in [2.75, 3.05) is 24.6 Å². The first-order valence-electron chi connectivity index (χ1n) is 10.9. The maximum absolute atomic E-state index is 11.7. The van der Waals surface area contributed by atoms with Crippen LogP contribution in [0.1, 0.15) is 39.2 Å². The number of hydrogen-bond acceptors (Lipinski definition) is 5. The quantitative estimate of drug-likeness (QED) is 0.430. The molecule has 2 N–H and O–H groups in total. The molecule has 0 saturated carbocycles. The van der Waals surface area contributed by atoms with Crippen molar-refractivity contribution in [3.8, 4) is 16.9 Å². The molecule has 0 spiro atoms. The molecule has 0 bridgehead atoms. The van der Waals surface area contributed by atoms with Gasteiger partial charge >= 0.3 is 0 Å². The van der Waals surface area contributed by atoms with Gasteiger partial charge in [-0.2, -0.15) is 0 Å². The lowest BCUT2D eigenvalue weighted by molar-refractivity contribution is 0.225. The lowest BCUT2D eigenvalue weighted by Gasteiger charge is -2.16. The smallest absolute Gasteiger partial charge is 0.211 e. The highest BCUT2D eigenvalue weighted by Crippen LogP contribution is 2.23. The van der Waals surface area contributed by atoms with Crippen LogP contribution in [0.5, 0.6) is 5.75 Å². The van der Waals surface area contributed by atoms with Crippen LogP contribution in [0.3, 0.4) is 0 Å². The van der Waals surface area contributed by atoms with Crippen molar-refractivity contribution >= 4 is 20.0 Å². The highest BCUT2D eigenvalue weighted by Gasteiger charge is 2.12. The number of ether oxygens (including phenoxy) is 1. The van der Waals surface area contributed by atoms with Gasteiger partial charge in [0.1, 0.15) is 11.9 Å². The third-order valence-electron chi connectivity index (χ3n) is 4.75. The zero-order valence-corrected chi connectivity index (χ0v) is 20.6. The van der Waals surface area contributed by atoms with Crippen LogP contribution in [0.25, 0.3) is 11.1 Å². The van der Waals surface area contributed by atoms with Gasteiger partial charge in [-0.05, 0) is 55.0 Å². The Morgan fingerprint density at radius 1 is 0.781 bits per heavy atom. The van der Waals surface area contributed by atoms with Gasteiger partial charge in [-0.25, -0.2) is 26.3 Å². The van der Waals surface area contributed by atoms with Gasteiger partial charge in [0, 0.05) is 13.1 Å². The first-order valence-corrected chi connectivity index (χ1v) is 14.2. The molecule has 1 atom stereocenters. The second-order valence-electron chi connectivity index (χ2n) is 7.78. The minimum Gasteiger partial charge on any atom is -0.489 e. The largest absolute Gasteiger partial charge is 0.489 e. The fourth-order valence-electron chi connectivity index (χ4n) is 3.14. The summed E-state index contributed by atoms with van der Waals surface area (Å²) in [7, 11) is -6.42. The first-order chi connectivity index (χ1) is 15.1. The fraction of sp³-hybridized carbons (Fsp3) is 0.478. The molecule has 0 aromatic heterocycles. The maximum atomic E-state index is 11.7. The Morgan fingerprint density at radius 2 is 1.28 bits per heavy atom. The lowest BCUT2D eigenvalue weighted by Crippen LogP contribution is -2.34. The molecule has 0 aliphatic heterocycles.